The monoisotopic (exact) mass is 228 g/mol. The molecule has 0 aliphatic heterocycles. The summed E-state index contributed by atoms with van der Waals surface area (Å²) in [5.41, 5.74) is 0. The Balaban J connectivity index is 2.07. The van der Waals surface area contributed by atoms with Gasteiger partial charge in [-0.25, -0.2) is 0 Å². The summed E-state index contributed by atoms with van der Waals surface area (Å²) in [5.74, 6) is 0. The zero-order valence-corrected chi connectivity index (χ0v) is 10.6. The minimum absolute atomic E-state index is 0.469. The average molecular weight is 228 g/mol. The van der Waals surface area contributed by atoms with Gasteiger partial charge in [-0.15, -0.1) is 11.3 Å². The van der Waals surface area contributed by atoms with Crippen LogP contribution in [-0.2, 0) is 0 Å². The third-order valence-corrected chi connectivity index (χ3v) is 4.15. The van der Waals surface area contributed by atoms with Crippen molar-refractivity contribution < 1.29 is 0 Å². The lowest BCUT2D eigenvalue weighted by Gasteiger charge is -2.07. The molecule has 0 aliphatic carbocycles. The molecular weight excluding hydrogens is 208 g/mol. The second kappa shape index (κ2) is 7.36. The Hall–Kier alpha value is 0.0500. The number of hydrogen-bond acceptors (Lipinski definition) is 2. The van der Waals surface area contributed by atoms with Gasteiger partial charge >= 0.3 is 0 Å². The van der Waals surface area contributed by atoms with Crippen LogP contribution in [0.3, 0.4) is 0 Å². The first-order valence-electron chi connectivity index (χ1n) is 5.56. The van der Waals surface area contributed by atoms with E-state index in [2.05, 4.69) is 37.1 Å². The van der Waals surface area contributed by atoms with Gasteiger partial charge in [0.25, 0.3) is 0 Å². The van der Waals surface area contributed by atoms with Crippen molar-refractivity contribution in [2.75, 3.05) is 0 Å². The fraction of sp³-hybridized carbons (Fsp3) is 0.667. The third kappa shape index (κ3) is 4.52. The molecule has 1 aromatic rings. The molecule has 1 atom stereocenters. The van der Waals surface area contributed by atoms with E-state index in [0.29, 0.717) is 5.25 Å². The highest BCUT2D eigenvalue weighted by Gasteiger charge is 2.06. The quantitative estimate of drug-likeness (QED) is 0.488. The van der Waals surface area contributed by atoms with Crippen LogP contribution in [0.5, 0.6) is 0 Å². The van der Waals surface area contributed by atoms with Gasteiger partial charge in [0.05, 0.1) is 0 Å². The zero-order valence-electron chi connectivity index (χ0n) is 8.91. The fourth-order valence-electron chi connectivity index (χ4n) is 1.56. The molecule has 0 bridgehead atoms. The van der Waals surface area contributed by atoms with Crippen molar-refractivity contribution in [3.05, 3.63) is 22.4 Å². The molecule has 1 heterocycles. The van der Waals surface area contributed by atoms with Crippen molar-refractivity contribution in [2.24, 2.45) is 0 Å². The van der Waals surface area contributed by atoms with Crippen LogP contribution in [0.15, 0.2) is 17.5 Å². The summed E-state index contributed by atoms with van der Waals surface area (Å²) in [6.07, 6.45) is 8.03. The number of hydrogen-bond donors (Lipinski definition) is 1. The van der Waals surface area contributed by atoms with Crippen LogP contribution in [0.4, 0.5) is 0 Å². The summed E-state index contributed by atoms with van der Waals surface area (Å²) in [6.45, 7) is 2.26. The summed E-state index contributed by atoms with van der Waals surface area (Å²) >= 11 is 6.44. The molecule has 0 saturated heterocycles. The van der Waals surface area contributed by atoms with Crippen LogP contribution >= 0.6 is 24.0 Å². The average Bonchev–Trinajstić information content (AvgIpc) is 2.70. The Labute approximate surface area is 97.1 Å². The maximum Gasteiger partial charge on any atom is 0.0361 e. The van der Waals surface area contributed by atoms with Gasteiger partial charge in [-0.2, -0.15) is 12.6 Å². The summed E-state index contributed by atoms with van der Waals surface area (Å²) in [6, 6.07) is 4.30. The van der Waals surface area contributed by atoms with E-state index >= 15 is 0 Å². The van der Waals surface area contributed by atoms with Crippen LogP contribution in [0.1, 0.15) is 55.6 Å². The molecule has 1 unspecified atom stereocenters. The fourth-order valence-corrected chi connectivity index (χ4v) is 2.76. The Morgan fingerprint density at radius 3 is 2.71 bits per heavy atom. The first kappa shape index (κ1) is 12.1. The van der Waals surface area contributed by atoms with Crippen molar-refractivity contribution in [2.45, 2.75) is 50.7 Å². The summed E-state index contributed by atoms with van der Waals surface area (Å²) in [4.78, 5) is 1.42. The molecule has 0 fully saturated rings. The molecule has 0 radical (unpaired) electrons. The van der Waals surface area contributed by atoms with Gasteiger partial charge < -0.3 is 0 Å². The molecule has 1 rings (SSSR count). The van der Waals surface area contributed by atoms with Crippen molar-refractivity contribution in [1.29, 1.82) is 0 Å². The predicted molar refractivity (Wildman–Crippen MR) is 69.4 cm³/mol. The molecular formula is C12H20S2. The van der Waals surface area contributed by atoms with E-state index in [1.165, 1.54) is 43.4 Å². The molecule has 0 amide bonds. The van der Waals surface area contributed by atoms with Crippen molar-refractivity contribution in [1.82, 2.24) is 0 Å². The second-order valence-corrected chi connectivity index (χ2v) is 5.34. The molecule has 14 heavy (non-hydrogen) atoms. The molecule has 0 nitrogen and oxygen atoms in total. The van der Waals surface area contributed by atoms with E-state index in [4.69, 9.17) is 0 Å². The first-order valence-corrected chi connectivity index (χ1v) is 6.95. The number of thiol groups is 1. The molecule has 0 saturated carbocycles. The minimum Gasteiger partial charge on any atom is -0.170 e. The summed E-state index contributed by atoms with van der Waals surface area (Å²) < 4.78 is 0. The predicted octanol–water partition coefficient (Wildman–Crippen LogP) is 5.08. The van der Waals surface area contributed by atoms with Crippen LogP contribution in [0.25, 0.3) is 0 Å². The lowest BCUT2D eigenvalue weighted by atomic mass is 10.1. The topological polar surface area (TPSA) is 0 Å². The highest BCUT2D eigenvalue weighted by atomic mass is 32.1. The van der Waals surface area contributed by atoms with Gasteiger partial charge in [0.1, 0.15) is 0 Å². The number of rotatable bonds is 7. The van der Waals surface area contributed by atoms with E-state index in [0.717, 1.165) is 0 Å². The highest BCUT2D eigenvalue weighted by molar-refractivity contribution is 7.80. The molecule has 0 N–H and O–H groups in total. The van der Waals surface area contributed by atoms with Crippen LogP contribution < -0.4 is 0 Å². The van der Waals surface area contributed by atoms with Crippen LogP contribution in [0.2, 0.25) is 0 Å². The Morgan fingerprint density at radius 2 is 2.07 bits per heavy atom. The molecule has 1 aromatic heterocycles. The molecule has 2 heteroatoms. The van der Waals surface area contributed by atoms with E-state index in [9.17, 15) is 0 Å². The molecule has 80 valence electrons. The Bertz CT molecular complexity index is 216. The lowest BCUT2D eigenvalue weighted by Crippen LogP contribution is -1.87. The summed E-state index contributed by atoms with van der Waals surface area (Å²) in [7, 11) is 0. The van der Waals surface area contributed by atoms with Gasteiger partial charge in [0.15, 0.2) is 0 Å². The van der Waals surface area contributed by atoms with E-state index in [-0.39, 0.29) is 0 Å². The van der Waals surface area contributed by atoms with E-state index in [1.807, 2.05) is 11.3 Å². The Kier molecular flexibility index (Phi) is 6.37. The van der Waals surface area contributed by atoms with Crippen LogP contribution in [-0.4, -0.2) is 0 Å². The molecule has 0 aromatic carbocycles. The maximum absolute atomic E-state index is 4.62. The van der Waals surface area contributed by atoms with E-state index in [1.54, 1.807) is 0 Å². The smallest absolute Gasteiger partial charge is 0.0361 e. The van der Waals surface area contributed by atoms with E-state index < -0.39 is 0 Å². The van der Waals surface area contributed by atoms with Gasteiger partial charge in [-0.05, 0) is 17.9 Å². The van der Waals surface area contributed by atoms with Gasteiger partial charge in [0.2, 0.25) is 0 Å². The maximum atomic E-state index is 4.62. The van der Waals surface area contributed by atoms with Crippen molar-refractivity contribution in [3.63, 3.8) is 0 Å². The lowest BCUT2D eigenvalue weighted by molar-refractivity contribution is 0.606. The van der Waals surface area contributed by atoms with Gasteiger partial charge in [-0.3, -0.25) is 0 Å². The van der Waals surface area contributed by atoms with Gasteiger partial charge in [0, 0.05) is 10.1 Å². The Morgan fingerprint density at radius 1 is 1.29 bits per heavy atom. The molecule has 0 aliphatic rings. The standard InChI is InChI=1S/C12H20S2/c1-2-3-4-5-6-8-11(13)12-9-7-10-14-12/h7,9-11,13H,2-6,8H2,1H3. The van der Waals surface area contributed by atoms with Crippen molar-refractivity contribution in [3.8, 4) is 0 Å². The van der Waals surface area contributed by atoms with Crippen LogP contribution in [0, 0.1) is 0 Å². The minimum atomic E-state index is 0.469. The highest BCUT2D eigenvalue weighted by Crippen LogP contribution is 2.29. The number of thiophene rings is 1. The molecule has 0 spiro atoms. The zero-order chi connectivity index (χ0) is 10.2. The van der Waals surface area contributed by atoms with Gasteiger partial charge in [-0.1, -0.05) is 45.1 Å². The van der Waals surface area contributed by atoms with Crippen molar-refractivity contribution >= 4 is 24.0 Å². The first-order chi connectivity index (χ1) is 6.84. The number of unbranched alkanes of at least 4 members (excludes halogenated alkanes) is 4. The SMILES string of the molecule is CCCCCCCC(S)c1cccs1. The third-order valence-electron chi connectivity index (χ3n) is 2.45. The normalized spacial score (nSPS) is 13.0. The summed E-state index contributed by atoms with van der Waals surface area (Å²) in [5, 5.41) is 2.60. The largest absolute Gasteiger partial charge is 0.170 e. The second-order valence-electron chi connectivity index (χ2n) is 3.73.